The van der Waals surface area contributed by atoms with E-state index in [1.54, 1.807) is 72.6 Å². The van der Waals surface area contributed by atoms with Crippen molar-refractivity contribution in [2.75, 3.05) is 121 Å². The van der Waals surface area contributed by atoms with Gasteiger partial charge in [0, 0.05) is 176 Å². The third kappa shape index (κ3) is 26.3. The van der Waals surface area contributed by atoms with E-state index in [9.17, 15) is 19.2 Å². The number of hydrogen-bond donors (Lipinski definition) is 12. The van der Waals surface area contributed by atoms with Crippen LogP contribution in [0.4, 0.5) is 92.7 Å². The highest BCUT2D eigenvalue weighted by atomic mass is 35.5. The van der Waals surface area contributed by atoms with E-state index in [1.165, 1.54) is 53.5 Å². The van der Waals surface area contributed by atoms with Crippen LogP contribution in [0.3, 0.4) is 0 Å². The lowest BCUT2D eigenvalue weighted by molar-refractivity contribution is 0.101. The minimum Gasteiger partial charge on any atom is -0.356 e. The molecule has 0 spiro atoms. The fraction of sp³-hybridized carbons (Fsp3) is 0.194. The highest BCUT2D eigenvalue weighted by Crippen LogP contribution is 2.39. The van der Waals surface area contributed by atoms with Crippen LogP contribution >= 0.6 is 105 Å². The van der Waals surface area contributed by atoms with Gasteiger partial charge in [-0.3, -0.25) is 39.6 Å². The van der Waals surface area contributed by atoms with Gasteiger partial charge in [0.05, 0.1) is 37.3 Å². The van der Waals surface area contributed by atoms with Gasteiger partial charge in [0.2, 0.25) is 0 Å². The molecule has 16 aromatic rings. The molecule has 4 fully saturated rings. The summed E-state index contributed by atoms with van der Waals surface area (Å²) >= 11 is 32.0. The first-order valence-electron chi connectivity index (χ1n) is 44.6. The molecular formula is C98H93Cl4N29O4S5. The predicted octanol–water partition coefficient (Wildman–Crippen LogP) is 22.8. The summed E-state index contributed by atoms with van der Waals surface area (Å²) in [6.45, 7) is 17.7. The minimum absolute atomic E-state index is 0.120. The first-order chi connectivity index (χ1) is 68.0. The number of pyridine rings is 1. The average Bonchev–Trinajstić information content (AvgIpc) is 1.11. The Morgan fingerprint density at radius 3 is 1.03 bits per heavy atom. The number of aryl methyl sites for hydroxylation is 5. The molecule has 13 heterocycles. The first-order valence-corrected chi connectivity index (χ1v) is 50.6. The number of carbonyl (C=O) groups is 4. The lowest BCUT2D eigenvalue weighted by Gasteiger charge is -2.32. The van der Waals surface area contributed by atoms with Gasteiger partial charge in [-0.25, -0.2) is 44.9 Å². The van der Waals surface area contributed by atoms with Crippen LogP contribution in [-0.2, 0) is 6.42 Å². The third-order valence-corrected chi connectivity index (χ3v) is 27.4. The summed E-state index contributed by atoms with van der Waals surface area (Å²) < 4.78 is 0. The van der Waals surface area contributed by atoms with Crippen LogP contribution in [-0.4, -0.2) is 168 Å². The molecule has 12 N–H and O–H groups in total. The summed E-state index contributed by atoms with van der Waals surface area (Å²) in [5, 5.41) is 57.4. The van der Waals surface area contributed by atoms with Crippen molar-refractivity contribution in [3.63, 3.8) is 0 Å². The number of anilines is 16. The molecule has 0 saturated carbocycles. The molecule has 4 saturated heterocycles. The lowest BCUT2D eigenvalue weighted by atomic mass is 10.1. The third-order valence-electron chi connectivity index (χ3n) is 21.8. The molecule has 0 atom stereocenters. The topological polar surface area (TPSA) is 408 Å². The molecule has 0 radical (unpaired) electrons. The molecule has 0 aliphatic carbocycles. The number of thioether (sulfide) groups is 1. The Balaban J connectivity index is 0.000000129. The minimum atomic E-state index is -0.326. The van der Waals surface area contributed by atoms with Gasteiger partial charge < -0.3 is 62.1 Å². The largest absolute Gasteiger partial charge is 0.356 e. The predicted molar refractivity (Wildman–Crippen MR) is 561 cm³/mol. The van der Waals surface area contributed by atoms with Crippen LogP contribution in [0.25, 0.3) is 0 Å². The quantitative estimate of drug-likeness (QED) is 0.0147. The van der Waals surface area contributed by atoms with Crippen molar-refractivity contribution in [2.24, 2.45) is 0 Å². The highest BCUT2D eigenvalue weighted by molar-refractivity contribution is 8.00. The van der Waals surface area contributed by atoms with Gasteiger partial charge in [-0.15, -0.1) is 11.8 Å². The number of carbonyl (C=O) groups excluding carboxylic acids is 4. The van der Waals surface area contributed by atoms with Crippen LogP contribution < -0.4 is 62.1 Å². The normalized spacial score (nSPS) is 12.8. The molecule has 0 unspecified atom stereocenters. The Labute approximate surface area is 847 Å². The van der Waals surface area contributed by atoms with Gasteiger partial charge in [-0.1, -0.05) is 89.7 Å². The van der Waals surface area contributed by atoms with Crippen molar-refractivity contribution in [3.8, 4) is 0 Å². The van der Waals surface area contributed by atoms with E-state index in [0.717, 1.165) is 166 Å². The molecule has 140 heavy (non-hydrogen) atoms. The van der Waals surface area contributed by atoms with E-state index < -0.39 is 0 Å². The van der Waals surface area contributed by atoms with E-state index in [0.29, 0.717) is 121 Å². The maximum absolute atomic E-state index is 12.8. The summed E-state index contributed by atoms with van der Waals surface area (Å²) in [5.74, 6) is 8.55. The van der Waals surface area contributed by atoms with Crippen molar-refractivity contribution >= 4 is 222 Å². The Hall–Kier alpha value is -14.0. The van der Waals surface area contributed by atoms with E-state index in [1.807, 2.05) is 205 Å². The Morgan fingerprint density at radius 1 is 0.336 bits per heavy atom. The van der Waals surface area contributed by atoms with Crippen molar-refractivity contribution in [2.45, 2.75) is 112 Å². The number of halogens is 4. The van der Waals surface area contributed by atoms with E-state index in [-0.39, 0.29) is 23.6 Å². The van der Waals surface area contributed by atoms with Crippen LogP contribution in [0, 0.1) is 27.7 Å². The zero-order valence-electron chi connectivity index (χ0n) is 76.3. The number of nitrogens with one attached hydrogen (secondary N) is 12. The number of amides is 4. The second-order valence-electron chi connectivity index (χ2n) is 32.3. The van der Waals surface area contributed by atoms with E-state index in [4.69, 9.17) is 71.3 Å². The number of nitrogens with zero attached hydrogens (tertiary/aromatic N) is 17. The van der Waals surface area contributed by atoms with Crippen LogP contribution in [0.2, 0.25) is 20.1 Å². The van der Waals surface area contributed by atoms with Gasteiger partial charge in [-0.05, 0) is 252 Å². The molecule has 712 valence electrons. The number of aromatic nitrogens is 17. The molecule has 7 aromatic carbocycles. The molecule has 42 heteroatoms. The number of rotatable bonds is 30. The molecule has 4 aliphatic rings. The molecule has 4 amide bonds. The second-order valence-corrected chi connectivity index (χ2v) is 38.9. The summed E-state index contributed by atoms with van der Waals surface area (Å²) in [7, 11) is 0. The monoisotopic (exact) mass is 2040 g/mol. The molecule has 0 bridgehead atoms. The zero-order chi connectivity index (χ0) is 97.1. The Kier molecular flexibility index (Phi) is 32.2. The second kappa shape index (κ2) is 46.2. The van der Waals surface area contributed by atoms with Gasteiger partial charge in [-0.2, -0.15) is 20.4 Å². The summed E-state index contributed by atoms with van der Waals surface area (Å²) in [4.78, 5) is 106. The summed E-state index contributed by atoms with van der Waals surface area (Å²) in [5.41, 5.74) is 8.74. The Bertz CT molecular complexity index is 7090. The first kappa shape index (κ1) is 97.7. The number of H-pyrrole nitrogens is 4. The van der Waals surface area contributed by atoms with Crippen LogP contribution in [0.5, 0.6) is 0 Å². The zero-order valence-corrected chi connectivity index (χ0v) is 83.4. The van der Waals surface area contributed by atoms with Crippen molar-refractivity contribution < 1.29 is 19.2 Å². The standard InChI is InChI=1S/C26H26ClN7OS.C25H25N7OS2.C24H21Cl2N7OS.C23H21ClN8OS/c1-3-17-6-4-7-20(24(17)27)25(35)28-18-8-10-19(11-9-18)36-26-30-21(29-22-14-16(2)32-33-22)15-23(31-26)34-12-5-13-34;1-16-14-22(31-30-16)27-21-15-23(32-12-5-13-32)29-25(28-21)35-18-10-8-17(9-11-18)26-24(33)19-6-3-4-7-20(19)34-2;1-14-11-21(32-31-14)28-20-13-22(33-9-2-10-33)30-24(29-20)35-17-6-4-16(5-7-17)27-23(34)18-12-15(25)3-8-19(18)26;1-14-11-20(31-30-14)26-19-12-21(32-9-4-10-32)29-23(28-19)34-15-7-8-18(25-13-15)27-22(33)16-5-2-3-6-17(16)24/h4,6-11,14-15H,3,5,12-13H2,1-2H3,(H,28,35)(H2,29,30,31,32,33);3-4,6-11,14-15H,5,12-13H2,1-2H3,(H,26,33)(H2,27,28,29,30,31);3-8,11-13H,2,9-10H2,1H3,(H,27,34)(H2,28,29,30,31,32);2-3,5-8,11-13H,4,9-10H2,1H3,(H,25,27,33)(H2,26,28,29,30,31). The summed E-state index contributed by atoms with van der Waals surface area (Å²) in [6, 6.07) is 66.6. The SMILES string of the molecule is CCc1cccc(C(=O)Nc2ccc(Sc3nc(Nc4cc(C)[nH]n4)cc(N4CCC4)n3)cc2)c1Cl.CSc1ccccc1C(=O)Nc1ccc(Sc2nc(Nc3cc(C)[nH]n3)cc(N3CCC3)n2)cc1.Cc1cc(Nc2cc(N3CCC3)nc(Sc3ccc(NC(=O)c4cc(Cl)ccc4Cl)cc3)n2)n[nH]1.Cc1cc(Nc2cc(N3CCC3)nc(Sc3ccc(NC(=O)c4ccccc4Cl)nc3)n2)n[nH]1. The van der Waals surface area contributed by atoms with Gasteiger partial charge in [0.25, 0.3) is 23.6 Å². The number of hydrogen-bond acceptors (Lipinski definition) is 30. The van der Waals surface area contributed by atoms with Gasteiger partial charge in [0.15, 0.2) is 43.9 Å². The number of benzene rings is 7. The molecule has 4 aliphatic heterocycles. The summed E-state index contributed by atoms with van der Waals surface area (Å²) in [6.07, 6.45) is 9.05. The van der Waals surface area contributed by atoms with Gasteiger partial charge in [0.1, 0.15) is 52.4 Å². The smallest absolute Gasteiger partial charge is 0.258 e. The highest BCUT2D eigenvalue weighted by Gasteiger charge is 2.26. The Morgan fingerprint density at radius 2 is 0.679 bits per heavy atom. The fourth-order valence-corrected chi connectivity index (χ4v) is 18.7. The van der Waals surface area contributed by atoms with Crippen molar-refractivity contribution in [1.82, 2.24) is 85.6 Å². The number of aromatic amines is 4. The van der Waals surface area contributed by atoms with Crippen LogP contribution in [0.1, 0.15) is 102 Å². The van der Waals surface area contributed by atoms with Gasteiger partial charge >= 0.3 is 0 Å². The lowest BCUT2D eigenvalue weighted by Crippen LogP contribution is -2.37. The average molecular weight is 2040 g/mol. The van der Waals surface area contributed by atoms with Crippen molar-refractivity contribution in [3.05, 3.63) is 295 Å². The van der Waals surface area contributed by atoms with Crippen LogP contribution in [0.15, 0.2) is 270 Å². The molecule has 33 nitrogen and oxygen atoms in total. The molecular weight excluding hydrogens is 1950 g/mol. The van der Waals surface area contributed by atoms with Crippen molar-refractivity contribution in [1.29, 1.82) is 0 Å². The molecule has 9 aromatic heterocycles. The maximum atomic E-state index is 12.8. The maximum Gasteiger partial charge on any atom is 0.258 e. The van der Waals surface area contributed by atoms with E-state index >= 15 is 0 Å². The fourth-order valence-electron chi connectivity index (χ4n) is 14.1. The van der Waals surface area contributed by atoms with E-state index in [2.05, 4.69) is 123 Å². The molecule has 20 rings (SSSR count).